The SMILES string of the molecule is CC(=O)c1c(C)[nH]c(C(=O)OCC(=O)c2cc(C)n(CC3COc4ccccc4O3)c2C)c1C. The van der Waals surface area contributed by atoms with E-state index in [0.29, 0.717) is 41.3 Å². The minimum Gasteiger partial charge on any atom is -0.486 e. The number of nitrogens with one attached hydrogen (secondary N) is 1. The van der Waals surface area contributed by atoms with Gasteiger partial charge in [-0.1, -0.05) is 12.1 Å². The van der Waals surface area contributed by atoms with Crippen molar-refractivity contribution in [1.82, 2.24) is 9.55 Å². The highest BCUT2D eigenvalue weighted by Crippen LogP contribution is 2.31. The third kappa shape index (κ3) is 4.35. The van der Waals surface area contributed by atoms with Crippen molar-refractivity contribution < 1.29 is 28.6 Å². The maximum absolute atomic E-state index is 12.9. The van der Waals surface area contributed by atoms with Crippen LogP contribution in [0.15, 0.2) is 30.3 Å². The molecule has 4 rings (SSSR count). The summed E-state index contributed by atoms with van der Waals surface area (Å²) in [4.78, 5) is 40.1. The van der Waals surface area contributed by atoms with Crippen molar-refractivity contribution in [2.24, 2.45) is 0 Å². The summed E-state index contributed by atoms with van der Waals surface area (Å²) in [6.45, 7) is 9.16. The van der Waals surface area contributed by atoms with Crippen LogP contribution < -0.4 is 9.47 Å². The molecular formula is C26H28N2O6. The van der Waals surface area contributed by atoms with Crippen LogP contribution in [-0.4, -0.2) is 46.4 Å². The summed E-state index contributed by atoms with van der Waals surface area (Å²) < 4.78 is 19.1. The summed E-state index contributed by atoms with van der Waals surface area (Å²) in [7, 11) is 0. The lowest BCUT2D eigenvalue weighted by Gasteiger charge is -2.27. The highest BCUT2D eigenvalue weighted by atomic mass is 16.6. The number of esters is 1. The van der Waals surface area contributed by atoms with Gasteiger partial charge >= 0.3 is 5.97 Å². The fourth-order valence-electron chi connectivity index (χ4n) is 4.48. The van der Waals surface area contributed by atoms with Crippen LogP contribution in [0, 0.1) is 27.7 Å². The largest absolute Gasteiger partial charge is 0.486 e. The van der Waals surface area contributed by atoms with E-state index in [4.69, 9.17) is 14.2 Å². The first-order valence-electron chi connectivity index (χ1n) is 11.1. The van der Waals surface area contributed by atoms with Crippen LogP contribution in [0.5, 0.6) is 11.5 Å². The molecule has 1 aliphatic rings. The minimum atomic E-state index is -0.665. The monoisotopic (exact) mass is 464 g/mol. The number of nitrogens with zero attached hydrogens (tertiary/aromatic N) is 1. The van der Waals surface area contributed by atoms with Crippen LogP contribution in [0.1, 0.15) is 60.8 Å². The molecule has 0 amide bonds. The van der Waals surface area contributed by atoms with Crippen LogP contribution in [0.2, 0.25) is 0 Å². The van der Waals surface area contributed by atoms with Gasteiger partial charge in [-0.05, 0) is 58.4 Å². The number of aromatic amines is 1. The number of ketones is 2. The number of carbonyl (C=O) groups excluding carboxylic acids is 3. The minimum absolute atomic E-state index is 0.135. The first-order chi connectivity index (χ1) is 16.2. The number of H-pyrrole nitrogens is 1. The van der Waals surface area contributed by atoms with E-state index in [1.807, 2.05) is 42.7 Å². The van der Waals surface area contributed by atoms with E-state index in [-0.39, 0.29) is 23.4 Å². The lowest BCUT2D eigenvalue weighted by Crippen LogP contribution is -2.33. The number of benzene rings is 1. The summed E-state index contributed by atoms with van der Waals surface area (Å²) >= 11 is 0. The van der Waals surface area contributed by atoms with Crippen LogP contribution >= 0.6 is 0 Å². The molecule has 1 unspecified atom stereocenters. The first-order valence-corrected chi connectivity index (χ1v) is 11.1. The summed E-state index contributed by atoms with van der Waals surface area (Å²) in [6, 6.07) is 9.32. The van der Waals surface area contributed by atoms with Gasteiger partial charge in [0.2, 0.25) is 5.78 Å². The molecule has 3 aromatic rings. The van der Waals surface area contributed by atoms with E-state index in [1.165, 1.54) is 6.92 Å². The summed E-state index contributed by atoms with van der Waals surface area (Å²) in [5.41, 5.74) is 3.95. The number of Topliss-reactive ketones (excluding diaryl/α,β-unsaturated/α-hetero) is 2. The van der Waals surface area contributed by atoms with Gasteiger partial charge in [-0.3, -0.25) is 9.59 Å². The Labute approximate surface area is 197 Å². The smallest absolute Gasteiger partial charge is 0.355 e. The zero-order valence-electron chi connectivity index (χ0n) is 20.0. The maximum atomic E-state index is 12.9. The Morgan fingerprint density at radius 1 is 1.12 bits per heavy atom. The number of carbonyl (C=O) groups is 3. The molecule has 0 spiro atoms. The van der Waals surface area contributed by atoms with E-state index in [0.717, 1.165) is 17.1 Å². The molecule has 3 heterocycles. The Balaban J connectivity index is 1.43. The topological polar surface area (TPSA) is 99.6 Å². The number of hydrogen-bond donors (Lipinski definition) is 1. The molecule has 0 radical (unpaired) electrons. The van der Waals surface area contributed by atoms with Crippen LogP contribution in [0.25, 0.3) is 0 Å². The fraction of sp³-hybridized carbons (Fsp3) is 0.346. The quantitative estimate of drug-likeness (QED) is 0.417. The summed E-state index contributed by atoms with van der Waals surface area (Å²) in [5.74, 6) is 0.324. The van der Waals surface area contributed by atoms with E-state index in [1.54, 1.807) is 19.9 Å². The lowest BCUT2D eigenvalue weighted by molar-refractivity contribution is 0.0468. The van der Waals surface area contributed by atoms with Gasteiger partial charge in [-0.15, -0.1) is 0 Å². The molecule has 0 fully saturated rings. The summed E-state index contributed by atoms with van der Waals surface area (Å²) in [5, 5.41) is 0. The van der Waals surface area contributed by atoms with Crippen molar-refractivity contribution >= 4 is 17.5 Å². The first kappa shape index (κ1) is 23.4. The Hall–Kier alpha value is -3.81. The zero-order valence-corrected chi connectivity index (χ0v) is 20.0. The molecule has 1 aromatic carbocycles. The predicted molar refractivity (Wildman–Crippen MR) is 125 cm³/mol. The zero-order chi connectivity index (χ0) is 24.6. The molecule has 8 nitrogen and oxygen atoms in total. The molecule has 178 valence electrons. The number of para-hydroxylation sites is 2. The van der Waals surface area contributed by atoms with Gasteiger partial charge in [0.15, 0.2) is 30.0 Å². The van der Waals surface area contributed by atoms with Gasteiger partial charge in [0.1, 0.15) is 12.3 Å². The number of fused-ring (bicyclic) bond motifs is 1. The molecule has 2 aromatic heterocycles. The molecule has 1 atom stereocenters. The standard InChI is InChI=1S/C26H28N2O6/c1-14-10-20(17(4)28(14)11-19-12-32-22-8-6-7-9-23(22)34-19)21(30)13-33-26(31)25-15(2)24(18(5)29)16(3)27-25/h6-10,19,27H,11-13H2,1-5H3. The van der Waals surface area contributed by atoms with E-state index >= 15 is 0 Å². The average Bonchev–Trinajstić information content (AvgIpc) is 3.26. The number of aromatic nitrogens is 2. The molecule has 0 aliphatic carbocycles. The van der Waals surface area contributed by atoms with Crippen molar-refractivity contribution in [1.29, 1.82) is 0 Å². The van der Waals surface area contributed by atoms with E-state index < -0.39 is 12.6 Å². The number of aryl methyl sites for hydroxylation is 2. The Morgan fingerprint density at radius 3 is 2.50 bits per heavy atom. The second-order valence-electron chi connectivity index (χ2n) is 8.57. The van der Waals surface area contributed by atoms with Crippen molar-refractivity contribution in [2.45, 2.75) is 47.3 Å². The van der Waals surface area contributed by atoms with Gasteiger partial charge < -0.3 is 23.8 Å². The van der Waals surface area contributed by atoms with E-state index in [9.17, 15) is 14.4 Å². The van der Waals surface area contributed by atoms with Crippen LogP contribution in [0.4, 0.5) is 0 Å². The van der Waals surface area contributed by atoms with Crippen LogP contribution in [0.3, 0.4) is 0 Å². The molecule has 1 aliphatic heterocycles. The third-order valence-corrected chi connectivity index (χ3v) is 6.16. The van der Waals surface area contributed by atoms with Crippen molar-refractivity contribution in [2.75, 3.05) is 13.2 Å². The number of hydrogen-bond acceptors (Lipinski definition) is 6. The van der Waals surface area contributed by atoms with Crippen molar-refractivity contribution in [3.05, 3.63) is 69.8 Å². The Bertz CT molecular complexity index is 1280. The van der Waals surface area contributed by atoms with Gasteiger partial charge in [-0.2, -0.15) is 0 Å². The molecular weight excluding hydrogens is 436 g/mol. The molecule has 34 heavy (non-hydrogen) atoms. The van der Waals surface area contributed by atoms with E-state index in [2.05, 4.69) is 4.98 Å². The van der Waals surface area contributed by atoms with Gasteiger partial charge in [-0.25, -0.2) is 4.79 Å². The lowest BCUT2D eigenvalue weighted by atomic mass is 10.1. The number of ether oxygens (including phenoxy) is 3. The predicted octanol–water partition coefficient (Wildman–Crippen LogP) is 4.13. The molecule has 1 N–H and O–H groups in total. The molecule has 0 bridgehead atoms. The normalized spacial score (nSPS) is 14.7. The maximum Gasteiger partial charge on any atom is 0.355 e. The van der Waals surface area contributed by atoms with Gasteiger partial charge in [0, 0.05) is 28.2 Å². The highest BCUT2D eigenvalue weighted by molar-refractivity contribution is 6.03. The van der Waals surface area contributed by atoms with Gasteiger partial charge in [0.05, 0.1) is 6.54 Å². The van der Waals surface area contributed by atoms with Crippen molar-refractivity contribution in [3.63, 3.8) is 0 Å². The van der Waals surface area contributed by atoms with Crippen molar-refractivity contribution in [3.8, 4) is 11.5 Å². The number of rotatable bonds is 7. The van der Waals surface area contributed by atoms with Crippen LogP contribution in [-0.2, 0) is 11.3 Å². The average molecular weight is 465 g/mol. The molecule has 0 saturated carbocycles. The Kier molecular flexibility index (Phi) is 6.32. The third-order valence-electron chi connectivity index (χ3n) is 6.16. The molecule has 0 saturated heterocycles. The fourth-order valence-corrected chi connectivity index (χ4v) is 4.48. The highest BCUT2D eigenvalue weighted by Gasteiger charge is 2.25. The summed E-state index contributed by atoms with van der Waals surface area (Å²) in [6.07, 6.45) is -0.199. The second-order valence-corrected chi connectivity index (χ2v) is 8.57. The second kappa shape index (κ2) is 9.21. The Morgan fingerprint density at radius 2 is 1.82 bits per heavy atom. The molecule has 8 heteroatoms. The van der Waals surface area contributed by atoms with Gasteiger partial charge in [0.25, 0.3) is 0 Å².